The van der Waals surface area contributed by atoms with Gasteiger partial charge in [0.2, 0.25) is 5.91 Å². The highest BCUT2D eigenvalue weighted by Gasteiger charge is 2.27. The fourth-order valence-electron chi connectivity index (χ4n) is 3.31. The van der Waals surface area contributed by atoms with E-state index in [1.165, 1.54) is 12.1 Å². The number of amides is 1. The predicted octanol–water partition coefficient (Wildman–Crippen LogP) is 3.83. The van der Waals surface area contributed by atoms with Crippen molar-refractivity contribution in [1.82, 2.24) is 9.78 Å². The summed E-state index contributed by atoms with van der Waals surface area (Å²) in [5.41, 5.74) is 2.33. The van der Waals surface area contributed by atoms with Gasteiger partial charge < -0.3 is 10.1 Å². The lowest BCUT2D eigenvalue weighted by Crippen LogP contribution is -2.21. The van der Waals surface area contributed by atoms with Crippen LogP contribution in [0.25, 0.3) is 11.1 Å². The van der Waals surface area contributed by atoms with Crippen molar-refractivity contribution in [2.75, 3.05) is 5.32 Å². The van der Waals surface area contributed by atoms with E-state index in [9.17, 15) is 14.0 Å². The topological polar surface area (TPSA) is 64.0 Å². The fraction of sp³-hybridized carbons (Fsp3) is 0.450. The van der Waals surface area contributed by atoms with E-state index in [2.05, 4.69) is 10.4 Å². The molecule has 1 aromatic carbocycles. The maximum Gasteiger partial charge on any atom is 0.226 e. The second-order valence-corrected chi connectivity index (χ2v) is 8.07. The Bertz CT molecular complexity index is 819. The Labute approximate surface area is 152 Å². The van der Waals surface area contributed by atoms with Gasteiger partial charge in [0, 0.05) is 30.1 Å². The second kappa shape index (κ2) is 7.02. The van der Waals surface area contributed by atoms with Crippen LogP contribution in [0.5, 0.6) is 0 Å². The molecule has 2 aromatic rings. The SMILES string of the molecule is CC(C)(C)CC(=O)Nc1nn2c(c1-c1ccc(F)cc1)CC(C=O)CC2. The van der Waals surface area contributed by atoms with Gasteiger partial charge in [-0.1, -0.05) is 32.9 Å². The molecule has 0 aliphatic carbocycles. The molecular formula is C20H24FN3O2. The number of fused-ring (bicyclic) bond motifs is 1. The third kappa shape index (κ3) is 4.00. The number of carbonyl (C=O) groups is 2. The molecule has 1 aliphatic heterocycles. The fourth-order valence-corrected chi connectivity index (χ4v) is 3.31. The minimum Gasteiger partial charge on any atom is -0.309 e. The van der Waals surface area contributed by atoms with Gasteiger partial charge in [0.05, 0.1) is 0 Å². The van der Waals surface area contributed by atoms with E-state index >= 15 is 0 Å². The monoisotopic (exact) mass is 357 g/mol. The first kappa shape index (κ1) is 18.3. The number of aldehydes is 1. The number of hydrogen-bond donors (Lipinski definition) is 1. The number of benzene rings is 1. The van der Waals surface area contributed by atoms with E-state index in [0.717, 1.165) is 29.5 Å². The predicted molar refractivity (Wildman–Crippen MR) is 98.2 cm³/mol. The van der Waals surface area contributed by atoms with Gasteiger partial charge in [0.25, 0.3) is 0 Å². The van der Waals surface area contributed by atoms with E-state index in [-0.39, 0.29) is 23.1 Å². The third-order valence-electron chi connectivity index (χ3n) is 4.50. The molecule has 3 rings (SSSR count). The van der Waals surface area contributed by atoms with Crippen molar-refractivity contribution in [3.05, 3.63) is 35.8 Å². The molecule has 6 heteroatoms. The molecule has 1 amide bonds. The van der Waals surface area contributed by atoms with Crippen LogP contribution < -0.4 is 5.32 Å². The smallest absolute Gasteiger partial charge is 0.226 e. The molecular weight excluding hydrogens is 333 g/mol. The quantitative estimate of drug-likeness (QED) is 0.846. The average molecular weight is 357 g/mol. The summed E-state index contributed by atoms with van der Waals surface area (Å²) in [6, 6.07) is 6.13. The van der Waals surface area contributed by atoms with Gasteiger partial charge in [0.15, 0.2) is 5.82 Å². The van der Waals surface area contributed by atoms with Gasteiger partial charge in [-0.3, -0.25) is 9.48 Å². The van der Waals surface area contributed by atoms with Gasteiger partial charge >= 0.3 is 0 Å². The van der Waals surface area contributed by atoms with E-state index in [1.807, 2.05) is 25.5 Å². The first-order valence-electron chi connectivity index (χ1n) is 8.87. The first-order valence-corrected chi connectivity index (χ1v) is 8.87. The summed E-state index contributed by atoms with van der Waals surface area (Å²) in [6.07, 6.45) is 2.65. The number of rotatable bonds is 4. The third-order valence-corrected chi connectivity index (χ3v) is 4.50. The maximum absolute atomic E-state index is 13.3. The standard InChI is InChI=1S/C20H24FN3O2/c1-20(2,3)11-17(26)22-19-18(14-4-6-15(21)7-5-14)16-10-13(12-25)8-9-24(16)23-19/h4-7,12-13H,8-11H2,1-3H3,(H,22,23,26). The summed E-state index contributed by atoms with van der Waals surface area (Å²) in [7, 11) is 0. The Balaban J connectivity index is 2.01. The zero-order valence-corrected chi connectivity index (χ0v) is 15.4. The lowest BCUT2D eigenvalue weighted by atomic mass is 9.91. The zero-order chi connectivity index (χ0) is 18.9. The number of nitrogens with one attached hydrogen (secondary N) is 1. The average Bonchev–Trinajstić information content (AvgIpc) is 2.90. The number of halogens is 1. The minimum atomic E-state index is -0.320. The van der Waals surface area contributed by atoms with Gasteiger partial charge in [0.1, 0.15) is 12.1 Å². The lowest BCUT2D eigenvalue weighted by molar-refractivity contribution is -0.117. The molecule has 0 radical (unpaired) electrons. The van der Waals surface area contributed by atoms with Crippen molar-refractivity contribution in [3.63, 3.8) is 0 Å². The van der Waals surface area contributed by atoms with Gasteiger partial charge in [-0.2, -0.15) is 5.10 Å². The number of carbonyl (C=O) groups excluding carboxylic acids is 2. The number of hydrogen-bond acceptors (Lipinski definition) is 3. The van der Waals surface area contributed by atoms with Crippen LogP contribution in [0.4, 0.5) is 10.2 Å². The van der Waals surface area contributed by atoms with Crippen molar-refractivity contribution >= 4 is 18.0 Å². The summed E-state index contributed by atoms with van der Waals surface area (Å²) in [5, 5.41) is 7.48. The van der Waals surface area contributed by atoms with Crippen LogP contribution in [0, 0.1) is 17.2 Å². The van der Waals surface area contributed by atoms with E-state index in [4.69, 9.17) is 0 Å². The van der Waals surface area contributed by atoms with Crippen molar-refractivity contribution < 1.29 is 14.0 Å². The Morgan fingerprint density at radius 2 is 2.04 bits per heavy atom. The molecule has 0 saturated heterocycles. The Kier molecular flexibility index (Phi) is 4.94. The van der Waals surface area contributed by atoms with E-state index in [0.29, 0.717) is 25.2 Å². The second-order valence-electron chi connectivity index (χ2n) is 8.07. The molecule has 1 unspecified atom stereocenters. The Morgan fingerprint density at radius 1 is 1.35 bits per heavy atom. The van der Waals surface area contributed by atoms with Crippen LogP contribution in [0.3, 0.4) is 0 Å². The van der Waals surface area contributed by atoms with Crippen molar-refractivity contribution in [2.24, 2.45) is 11.3 Å². The highest BCUT2D eigenvalue weighted by atomic mass is 19.1. The minimum absolute atomic E-state index is 0.0588. The largest absolute Gasteiger partial charge is 0.309 e. The molecule has 0 spiro atoms. The van der Waals surface area contributed by atoms with Gasteiger partial charge in [-0.05, 0) is 36.0 Å². The number of nitrogens with zero attached hydrogens (tertiary/aromatic N) is 2. The van der Waals surface area contributed by atoms with Crippen LogP contribution in [0.1, 0.15) is 39.3 Å². The summed E-state index contributed by atoms with van der Waals surface area (Å²) >= 11 is 0. The van der Waals surface area contributed by atoms with Gasteiger partial charge in [-0.25, -0.2) is 4.39 Å². The lowest BCUT2D eigenvalue weighted by Gasteiger charge is -2.19. The molecule has 2 heterocycles. The zero-order valence-electron chi connectivity index (χ0n) is 15.4. The number of aromatic nitrogens is 2. The molecule has 26 heavy (non-hydrogen) atoms. The van der Waals surface area contributed by atoms with Crippen LogP contribution in [0.2, 0.25) is 0 Å². The molecule has 0 bridgehead atoms. The van der Waals surface area contributed by atoms with Crippen LogP contribution >= 0.6 is 0 Å². The van der Waals surface area contributed by atoms with Crippen LogP contribution in [0.15, 0.2) is 24.3 Å². The molecule has 5 nitrogen and oxygen atoms in total. The number of aryl methyl sites for hydroxylation is 1. The molecule has 1 atom stereocenters. The summed E-state index contributed by atoms with van der Waals surface area (Å²) < 4.78 is 15.2. The van der Waals surface area contributed by atoms with Crippen molar-refractivity contribution in [1.29, 1.82) is 0 Å². The van der Waals surface area contributed by atoms with Crippen LogP contribution in [-0.2, 0) is 22.6 Å². The molecule has 0 fully saturated rings. The van der Waals surface area contributed by atoms with Crippen molar-refractivity contribution in [3.8, 4) is 11.1 Å². The molecule has 1 aliphatic rings. The summed E-state index contributed by atoms with van der Waals surface area (Å²) in [4.78, 5) is 23.7. The van der Waals surface area contributed by atoms with E-state index < -0.39 is 0 Å². The molecule has 138 valence electrons. The molecule has 0 saturated carbocycles. The molecule has 1 aromatic heterocycles. The summed E-state index contributed by atoms with van der Waals surface area (Å²) in [6.45, 7) is 6.63. The number of anilines is 1. The first-order chi connectivity index (χ1) is 12.3. The summed E-state index contributed by atoms with van der Waals surface area (Å²) in [5.74, 6) is -0.00829. The molecule has 1 N–H and O–H groups in total. The maximum atomic E-state index is 13.3. The highest BCUT2D eigenvalue weighted by Crippen LogP contribution is 2.36. The van der Waals surface area contributed by atoms with E-state index in [1.54, 1.807) is 12.1 Å². The Hall–Kier alpha value is -2.50. The normalized spacial score (nSPS) is 16.8. The van der Waals surface area contributed by atoms with Crippen LogP contribution in [-0.4, -0.2) is 22.0 Å². The van der Waals surface area contributed by atoms with Crippen molar-refractivity contribution in [2.45, 2.75) is 46.6 Å². The Morgan fingerprint density at radius 3 is 2.65 bits per heavy atom. The highest BCUT2D eigenvalue weighted by molar-refractivity contribution is 5.95. The van der Waals surface area contributed by atoms with Gasteiger partial charge in [-0.15, -0.1) is 0 Å².